The molecule has 0 N–H and O–H groups in total. The minimum Gasteiger partial charge on any atom is -0.632 e. The zero-order valence-electron chi connectivity index (χ0n) is 10.5. The zero-order valence-corrected chi connectivity index (χ0v) is 10.5. The first-order chi connectivity index (χ1) is 7.60. The van der Waals surface area contributed by atoms with Crippen LogP contribution in [0, 0.1) is 16.5 Å². The molecule has 16 heavy (non-hydrogen) atoms. The second-order valence-electron chi connectivity index (χ2n) is 4.49. The number of morpholine rings is 1. The Morgan fingerprint density at radius 2 is 2.19 bits per heavy atom. The summed E-state index contributed by atoms with van der Waals surface area (Å²) in [5, 5.41) is 22.3. The van der Waals surface area contributed by atoms with E-state index in [0.29, 0.717) is 26.1 Å². The van der Waals surface area contributed by atoms with Crippen LogP contribution < -0.4 is 0 Å². The van der Waals surface area contributed by atoms with Gasteiger partial charge in [0.2, 0.25) is 5.54 Å². The van der Waals surface area contributed by atoms with Gasteiger partial charge in [0.1, 0.15) is 18.7 Å². The molecule has 1 aliphatic rings. The Morgan fingerprint density at radius 1 is 1.50 bits per heavy atom. The maximum absolute atomic E-state index is 12.8. The fourth-order valence-corrected chi connectivity index (χ4v) is 2.83. The van der Waals surface area contributed by atoms with Crippen molar-refractivity contribution >= 4 is 0 Å². The summed E-state index contributed by atoms with van der Waals surface area (Å²) < 4.78 is 5.23. The van der Waals surface area contributed by atoms with Gasteiger partial charge in [0, 0.05) is 6.42 Å². The standard InChI is InChI=1S/C12H22N2O2/c1-4-7-14(15)8-9-16-11(5-2)12(14,6-3)10-13/h11H,4-9H2,1-3H3. The molecule has 1 heterocycles. The highest BCUT2D eigenvalue weighted by atomic mass is 16.6. The van der Waals surface area contributed by atoms with Gasteiger partial charge in [0.15, 0.2) is 0 Å². The van der Waals surface area contributed by atoms with Gasteiger partial charge in [-0.3, -0.25) is 0 Å². The van der Waals surface area contributed by atoms with Crippen molar-refractivity contribution in [1.29, 1.82) is 5.26 Å². The van der Waals surface area contributed by atoms with Crippen molar-refractivity contribution in [1.82, 2.24) is 0 Å². The van der Waals surface area contributed by atoms with Crippen LogP contribution in [0.3, 0.4) is 0 Å². The Kier molecular flexibility index (Phi) is 4.31. The molecule has 4 nitrogen and oxygen atoms in total. The van der Waals surface area contributed by atoms with Crippen LogP contribution in [-0.2, 0) is 4.74 Å². The lowest BCUT2D eigenvalue weighted by Gasteiger charge is -2.58. The number of rotatable bonds is 4. The van der Waals surface area contributed by atoms with Gasteiger partial charge < -0.3 is 14.6 Å². The third-order valence-corrected chi connectivity index (χ3v) is 3.72. The lowest BCUT2D eigenvalue weighted by atomic mass is 9.85. The van der Waals surface area contributed by atoms with E-state index in [0.717, 1.165) is 12.8 Å². The van der Waals surface area contributed by atoms with Crippen LogP contribution in [0.1, 0.15) is 40.0 Å². The normalized spacial score (nSPS) is 39.3. The van der Waals surface area contributed by atoms with Crippen molar-refractivity contribution < 1.29 is 9.38 Å². The van der Waals surface area contributed by atoms with Crippen LogP contribution >= 0.6 is 0 Å². The van der Waals surface area contributed by atoms with Gasteiger partial charge >= 0.3 is 0 Å². The van der Waals surface area contributed by atoms with E-state index in [1.807, 2.05) is 20.8 Å². The quantitative estimate of drug-likeness (QED) is 0.545. The highest BCUT2D eigenvalue weighted by molar-refractivity contribution is 5.08. The molecule has 1 saturated heterocycles. The van der Waals surface area contributed by atoms with Crippen LogP contribution in [0.4, 0.5) is 0 Å². The second-order valence-corrected chi connectivity index (χ2v) is 4.49. The summed E-state index contributed by atoms with van der Waals surface area (Å²) in [4.78, 5) is 0. The fraction of sp³-hybridized carbons (Fsp3) is 0.917. The molecule has 0 aromatic heterocycles. The number of ether oxygens (including phenoxy) is 1. The van der Waals surface area contributed by atoms with Gasteiger partial charge in [-0.1, -0.05) is 20.8 Å². The summed E-state index contributed by atoms with van der Waals surface area (Å²) in [6, 6.07) is 2.28. The summed E-state index contributed by atoms with van der Waals surface area (Å²) >= 11 is 0. The number of nitrogens with zero attached hydrogens (tertiary/aromatic N) is 2. The van der Waals surface area contributed by atoms with Gasteiger partial charge in [0.25, 0.3) is 0 Å². The molecule has 3 atom stereocenters. The molecule has 0 aromatic rings. The molecule has 1 aliphatic heterocycles. The lowest BCUT2D eigenvalue weighted by molar-refractivity contribution is -0.936. The minimum atomic E-state index is -0.900. The Balaban J connectivity index is 3.10. The molecule has 0 spiro atoms. The van der Waals surface area contributed by atoms with E-state index in [4.69, 9.17) is 4.74 Å². The Hall–Kier alpha value is -0.630. The minimum absolute atomic E-state index is 0.222. The molecule has 4 heteroatoms. The average Bonchev–Trinajstić information content (AvgIpc) is 2.29. The second kappa shape index (κ2) is 5.13. The van der Waals surface area contributed by atoms with E-state index in [-0.39, 0.29) is 6.10 Å². The van der Waals surface area contributed by atoms with Crippen molar-refractivity contribution in [3.05, 3.63) is 5.21 Å². The van der Waals surface area contributed by atoms with Gasteiger partial charge in [-0.05, 0) is 12.8 Å². The van der Waals surface area contributed by atoms with E-state index in [9.17, 15) is 10.5 Å². The predicted molar refractivity (Wildman–Crippen MR) is 62.3 cm³/mol. The van der Waals surface area contributed by atoms with Crippen LogP contribution in [0.2, 0.25) is 0 Å². The topological polar surface area (TPSA) is 56.1 Å². The predicted octanol–water partition coefficient (Wildman–Crippen LogP) is 2.19. The Bertz CT molecular complexity index is 273. The highest BCUT2D eigenvalue weighted by Gasteiger charge is 2.53. The Morgan fingerprint density at radius 3 is 2.62 bits per heavy atom. The van der Waals surface area contributed by atoms with E-state index < -0.39 is 10.2 Å². The average molecular weight is 226 g/mol. The zero-order chi connectivity index (χ0) is 12.2. The van der Waals surface area contributed by atoms with Crippen molar-refractivity contribution in [2.24, 2.45) is 0 Å². The molecule has 0 aliphatic carbocycles. The molecule has 0 radical (unpaired) electrons. The van der Waals surface area contributed by atoms with Crippen molar-refractivity contribution in [2.45, 2.75) is 51.7 Å². The monoisotopic (exact) mass is 226 g/mol. The van der Waals surface area contributed by atoms with Gasteiger partial charge in [-0.15, -0.1) is 0 Å². The first kappa shape index (κ1) is 13.4. The number of hydroxylamine groups is 3. The van der Waals surface area contributed by atoms with Gasteiger partial charge in [-0.2, -0.15) is 5.26 Å². The molecule has 3 unspecified atom stereocenters. The van der Waals surface area contributed by atoms with E-state index in [1.165, 1.54) is 0 Å². The van der Waals surface area contributed by atoms with Crippen molar-refractivity contribution in [3.8, 4) is 6.07 Å². The smallest absolute Gasteiger partial charge is 0.211 e. The summed E-state index contributed by atoms with van der Waals surface area (Å²) in [6.07, 6.45) is 1.88. The summed E-state index contributed by atoms with van der Waals surface area (Å²) in [6.45, 7) is 7.29. The molecule has 1 fully saturated rings. The van der Waals surface area contributed by atoms with Crippen LogP contribution in [-0.4, -0.2) is 36.0 Å². The summed E-state index contributed by atoms with van der Waals surface area (Å²) in [7, 11) is 0. The molecule has 0 amide bonds. The maximum atomic E-state index is 12.8. The summed E-state index contributed by atoms with van der Waals surface area (Å²) in [5.74, 6) is 0. The number of hydrogen-bond donors (Lipinski definition) is 0. The van der Waals surface area contributed by atoms with Crippen LogP contribution in [0.15, 0.2) is 0 Å². The fourth-order valence-electron chi connectivity index (χ4n) is 2.83. The van der Waals surface area contributed by atoms with E-state index >= 15 is 0 Å². The lowest BCUT2D eigenvalue weighted by Crippen LogP contribution is -2.70. The molecular weight excluding hydrogens is 204 g/mol. The van der Waals surface area contributed by atoms with Crippen molar-refractivity contribution in [3.63, 3.8) is 0 Å². The third-order valence-electron chi connectivity index (χ3n) is 3.72. The van der Waals surface area contributed by atoms with Crippen LogP contribution in [0.25, 0.3) is 0 Å². The molecule has 0 aromatic carbocycles. The van der Waals surface area contributed by atoms with Crippen molar-refractivity contribution in [2.75, 3.05) is 19.7 Å². The van der Waals surface area contributed by atoms with Gasteiger partial charge in [0.05, 0.1) is 13.2 Å². The molecule has 0 bridgehead atoms. The number of quaternary nitrogens is 1. The van der Waals surface area contributed by atoms with E-state index in [2.05, 4.69) is 6.07 Å². The number of hydrogen-bond acceptors (Lipinski definition) is 3. The van der Waals surface area contributed by atoms with Gasteiger partial charge in [-0.25, -0.2) is 0 Å². The molecular formula is C12H22N2O2. The first-order valence-corrected chi connectivity index (χ1v) is 6.21. The van der Waals surface area contributed by atoms with Crippen LogP contribution in [0.5, 0.6) is 0 Å². The highest BCUT2D eigenvalue weighted by Crippen LogP contribution is 2.37. The third kappa shape index (κ3) is 1.84. The molecule has 1 rings (SSSR count). The summed E-state index contributed by atoms with van der Waals surface area (Å²) in [5.41, 5.74) is -0.900. The largest absolute Gasteiger partial charge is 0.632 e. The SMILES string of the molecule is CCC[N+]1([O-])CCOC(CC)C1(C#N)CC. The molecule has 0 saturated carbocycles. The number of nitriles is 1. The Labute approximate surface area is 98.0 Å². The first-order valence-electron chi connectivity index (χ1n) is 6.21. The maximum Gasteiger partial charge on any atom is 0.211 e. The van der Waals surface area contributed by atoms with E-state index in [1.54, 1.807) is 0 Å². The molecule has 92 valence electrons.